The molecule has 2 aromatic carbocycles. The van der Waals surface area contributed by atoms with Gasteiger partial charge < -0.3 is 10.6 Å². The maximum Gasteiger partial charge on any atom is 0.148 e. The van der Waals surface area contributed by atoms with Crippen molar-refractivity contribution < 1.29 is 8.78 Å². The van der Waals surface area contributed by atoms with Crippen LogP contribution in [0, 0.1) is 17.0 Å². The van der Waals surface area contributed by atoms with Gasteiger partial charge in [-0.05, 0) is 109 Å². The van der Waals surface area contributed by atoms with Crippen LogP contribution in [-0.4, -0.2) is 13.6 Å². The van der Waals surface area contributed by atoms with Gasteiger partial charge in [0.05, 0.1) is 10.2 Å². The predicted molar refractivity (Wildman–Crippen MR) is 141 cm³/mol. The lowest BCUT2D eigenvalue weighted by Gasteiger charge is -2.35. The predicted octanol–water partition coefficient (Wildman–Crippen LogP) is 8.45. The Kier molecular flexibility index (Phi) is 9.89. The molecule has 2 nitrogen and oxygen atoms in total. The topological polar surface area (TPSA) is 24.1 Å². The van der Waals surface area contributed by atoms with Crippen LogP contribution in [0.25, 0.3) is 0 Å². The Bertz CT molecular complexity index is 1060. The van der Waals surface area contributed by atoms with E-state index in [0.717, 1.165) is 41.7 Å². The highest BCUT2D eigenvalue weighted by atomic mass is 79.9. The second-order valence-corrected chi connectivity index (χ2v) is 9.89. The SMILES string of the molecule is C=C(C)/C(C(=C)Nc1ccc(Cl)cc1F)=C(/C)C(C)(CCCNC)Cc1cccc(F)c1Br. The zero-order chi connectivity index (χ0) is 24.8. The summed E-state index contributed by atoms with van der Waals surface area (Å²) in [6.45, 7) is 15.4. The van der Waals surface area contributed by atoms with E-state index in [2.05, 4.69) is 53.6 Å². The monoisotopic (exact) mass is 536 g/mol. The Hall–Kier alpha value is -1.95. The van der Waals surface area contributed by atoms with Crippen molar-refractivity contribution >= 4 is 33.2 Å². The molecule has 2 N–H and O–H groups in total. The molecule has 2 aromatic rings. The van der Waals surface area contributed by atoms with E-state index in [0.29, 0.717) is 27.3 Å². The van der Waals surface area contributed by atoms with Crippen molar-refractivity contribution in [2.45, 2.75) is 40.0 Å². The normalized spacial score (nSPS) is 13.8. The third-order valence-corrected chi connectivity index (χ3v) is 7.12. The van der Waals surface area contributed by atoms with Crippen molar-refractivity contribution in [2.24, 2.45) is 5.41 Å². The molecule has 0 aliphatic carbocycles. The highest BCUT2D eigenvalue weighted by Crippen LogP contribution is 2.42. The minimum absolute atomic E-state index is 0.281. The average Bonchev–Trinajstić information content (AvgIpc) is 2.73. The summed E-state index contributed by atoms with van der Waals surface area (Å²) in [5.41, 5.74) is 4.16. The highest BCUT2D eigenvalue weighted by molar-refractivity contribution is 9.10. The Morgan fingerprint density at radius 2 is 1.82 bits per heavy atom. The number of nitrogens with one attached hydrogen (secondary N) is 2. The molecule has 0 aromatic heterocycles. The minimum atomic E-state index is -0.456. The van der Waals surface area contributed by atoms with E-state index < -0.39 is 5.82 Å². The Morgan fingerprint density at radius 3 is 2.42 bits per heavy atom. The molecule has 0 fully saturated rings. The first-order chi connectivity index (χ1) is 15.5. The number of allylic oxidation sites excluding steroid dienone is 2. The maximum absolute atomic E-state index is 14.4. The van der Waals surface area contributed by atoms with Crippen LogP contribution in [0.4, 0.5) is 14.5 Å². The molecule has 0 heterocycles. The zero-order valence-electron chi connectivity index (χ0n) is 19.7. The molecule has 1 unspecified atom stereocenters. The second kappa shape index (κ2) is 12.0. The van der Waals surface area contributed by atoms with Crippen LogP contribution in [0.5, 0.6) is 0 Å². The van der Waals surface area contributed by atoms with Crippen LogP contribution < -0.4 is 10.6 Å². The van der Waals surface area contributed by atoms with Gasteiger partial charge in [-0.2, -0.15) is 0 Å². The second-order valence-electron chi connectivity index (χ2n) is 8.67. The van der Waals surface area contributed by atoms with Crippen LogP contribution in [0.2, 0.25) is 5.02 Å². The van der Waals surface area contributed by atoms with Gasteiger partial charge in [0.1, 0.15) is 11.6 Å². The number of anilines is 1. The summed E-state index contributed by atoms with van der Waals surface area (Å²) in [7, 11) is 1.93. The van der Waals surface area contributed by atoms with Gasteiger partial charge in [0.2, 0.25) is 0 Å². The van der Waals surface area contributed by atoms with E-state index in [9.17, 15) is 8.78 Å². The van der Waals surface area contributed by atoms with Gasteiger partial charge >= 0.3 is 0 Å². The summed E-state index contributed by atoms with van der Waals surface area (Å²) in [6, 6.07) is 9.59. The molecule has 1 atom stereocenters. The molecular weight excluding hydrogens is 506 g/mol. The molecule has 178 valence electrons. The highest BCUT2D eigenvalue weighted by Gasteiger charge is 2.31. The molecule has 0 saturated carbocycles. The fourth-order valence-electron chi connectivity index (χ4n) is 4.09. The summed E-state index contributed by atoms with van der Waals surface area (Å²) in [4.78, 5) is 0. The van der Waals surface area contributed by atoms with E-state index in [-0.39, 0.29) is 11.2 Å². The quantitative estimate of drug-likeness (QED) is 0.222. The average molecular weight is 538 g/mol. The van der Waals surface area contributed by atoms with Gasteiger partial charge in [-0.1, -0.05) is 49.4 Å². The van der Waals surface area contributed by atoms with Gasteiger partial charge in [0, 0.05) is 10.7 Å². The van der Waals surface area contributed by atoms with Crippen molar-refractivity contribution in [3.63, 3.8) is 0 Å². The van der Waals surface area contributed by atoms with E-state index in [1.165, 1.54) is 12.1 Å². The largest absolute Gasteiger partial charge is 0.353 e. The first-order valence-corrected chi connectivity index (χ1v) is 12.0. The molecule has 2 rings (SSSR count). The molecule has 0 aliphatic rings. The molecule has 0 amide bonds. The van der Waals surface area contributed by atoms with E-state index >= 15 is 0 Å². The number of benzene rings is 2. The summed E-state index contributed by atoms with van der Waals surface area (Å²) in [5.74, 6) is -0.737. The van der Waals surface area contributed by atoms with Gasteiger partial charge in [0.15, 0.2) is 0 Å². The molecule has 33 heavy (non-hydrogen) atoms. The first-order valence-electron chi connectivity index (χ1n) is 10.9. The van der Waals surface area contributed by atoms with Crippen LogP contribution in [0.1, 0.15) is 39.2 Å². The van der Waals surface area contributed by atoms with Crippen LogP contribution in [-0.2, 0) is 6.42 Å². The molecular formula is C27H32BrClF2N2. The van der Waals surface area contributed by atoms with Crippen molar-refractivity contribution in [1.82, 2.24) is 5.32 Å². The summed E-state index contributed by atoms with van der Waals surface area (Å²) in [5, 5.41) is 6.62. The van der Waals surface area contributed by atoms with Gasteiger partial charge in [-0.25, -0.2) is 8.78 Å². The number of rotatable bonds is 11. The fourth-order valence-corrected chi connectivity index (χ4v) is 4.65. The van der Waals surface area contributed by atoms with E-state index in [1.54, 1.807) is 18.2 Å². The molecule has 0 spiro atoms. The minimum Gasteiger partial charge on any atom is -0.353 e. The van der Waals surface area contributed by atoms with Crippen molar-refractivity contribution in [1.29, 1.82) is 0 Å². The zero-order valence-corrected chi connectivity index (χ0v) is 22.1. The summed E-state index contributed by atoms with van der Waals surface area (Å²) in [6.07, 6.45) is 2.43. The Balaban J connectivity index is 2.51. The Labute approximate surface area is 209 Å². The fraction of sp³-hybridized carbons (Fsp3) is 0.333. The number of hydrogen-bond acceptors (Lipinski definition) is 2. The van der Waals surface area contributed by atoms with E-state index in [1.807, 2.05) is 20.0 Å². The van der Waals surface area contributed by atoms with Gasteiger partial charge in [0.25, 0.3) is 0 Å². The van der Waals surface area contributed by atoms with Crippen molar-refractivity contribution in [3.8, 4) is 0 Å². The summed E-state index contributed by atoms with van der Waals surface area (Å²) >= 11 is 9.30. The smallest absolute Gasteiger partial charge is 0.148 e. The van der Waals surface area contributed by atoms with Crippen molar-refractivity contribution in [3.05, 3.63) is 98.7 Å². The molecule has 0 bridgehead atoms. The third kappa shape index (κ3) is 7.02. The lowest BCUT2D eigenvalue weighted by molar-refractivity contribution is 0.346. The molecule has 0 radical (unpaired) electrons. The van der Waals surface area contributed by atoms with Gasteiger partial charge in [-0.15, -0.1) is 0 Å². The maximum atomic E-state index is 14.4. The number of hydrogen-bond donors (Lipinski definition) is 2. The molecule has 0 saturated heterocycles. The number of halogens is 4. The van der Waals surface area contributed by atoms with Crippen LogP contribution in [0.3, 0.4) is 0 Å². The standard InChI is InChI=1S/C27H32BrClF2N2/c1-17(2)25(19(4)33-24-12-11-21(29)15-23(24)31)18(3)27(5,13-8-14-32-6)16-20-9-7-10-22(30)26(20)28/h7,9-12,15,32-33H,1,4,8,13-14,16H2,2-3,5-6H3/b25-18+. The summed E-state index contributed by atoms with van der Waals surface area (Å²) < 4.78 is 29.1. The molecule has 6 heteroatoms. The van der Waals surface area contributed by atoms with Crippen LogP contribution >= 0.6 is 27.5 Å². The van der Waals surface area contributed by atoms with E-state index in [4.69, 9.17) is 11.6 Å². The van der Waals surface area contributed by atoms with Crippen molar-refractivity contribution in [2.75, 3.05) is 18.9 Å². The van der Waals surface area contributed by atoms with Crippen LogP contribution in [0.15, 0.2) is 76.4 Å². The van der Waals surface area contributed by atoms with Gasteiger partial charge in [-0.3, -0.25) is 0 Å². The lowest BCUT2D eigenvalue weighted by atomic mass is 9.71. The molecule has 0 aliphatic heterocycles. The Morgan fingerprint density at radius 1 is 1.12 bits per heavy atom. The third-order valence-electron chi connectivity index (χ3n) is 5.99. The lowest BCUT2D eigenvalue weighted by Crippen LogP contribution is -2.26. The first kappa shape index (κ1) is 27.3.